The molecule has 0 aliphatic heterocycles. The molecule has 1 rings (SSSR count). The van der Waals surface area contributed by atoms with Gasteiger partial charge in [0.2, 0.25) is 0 Å². The van der Waals surface area contributed by atoms with Crippen molar-refractivity contribution < 1.29 is 31.5 Å². The predicted octanol–water partition coefficient (Wildman–Crippen LogP) is 4.50. The van der Waals surface area contributed by atoms with Gasteiger partial charge in [0, 0.05) is 6.54 Å². The smallest absolute Gasteiger partial charge is 0.463 e. The zero-order valence-electron chi connectivity index (χ0n) is 14.0. The number of carbonyl (C=O) groups is 1. The van der Waals surface area contributed by atoms with Gasteiger partial charge in [-0.25, -0.2) is 0 Å². The minimum Gasteiger partial charge on any atom is -0.497 e. The van der Waals surface area contributed by atoms with Crippen molar-refractivity contribution in [3.8, 4) is 5.75 Å². The average Bonchev–Trinajstić information content (AvgIpc) is 2.56. The van der Waals surface area contributed by atoms with Crippen molar-refractivity contribution in [1.29, 1.82) is 0 Å². The second-order valence-electron chi connectivity index (χ2n) is 5.69. The van der Waals surface area contributed by atoms with Gasteiger partial charge < -0.3 is 10.1 Å². The van der Waals surface area contributed by atoms with E-state index in [0.29, 0.717) is 12.8 Å². The summed E-state index contributed by atoms with van der Waals surface area (Å²) < 4.78 is 66.3. The van der Waals surface area contributed by atoms with Crippen molar-refractivity contribution in [2.24, 2.45) is 0 Å². The first-order chi connectivity index (χ1) is 11.7. The molecule has 1 N–H and O–H groups in total. The Morgan fingerprint density at radius 2 is 1.52 bits per heavy atom. The molecule has 3 nitrogen and oxygen atoms in total. The van der Waals surface area contributed by atoms with E-state index in [1.54, 1.807) is 12.4 Å². The topological polar surface area (TPSA) is 38.3 Å². The summed E-state index contributed by atoms with van der Waals surface area (Å²) in [6, 6.07) is 7.73. The molecule has 0 fully saturated rings. The minimum atomic E-state index is -5.86. The lowest BCUT2D eigenvalue weighted by Crippen LogP contribution is -2.50. The molecule has 0 spiro atoms. The van der Waals surface area contributed by atoms with Crippen LogP contribution in [0.25, 0.3) is 0 Å². The zero-order chi connectivity index (χ0) is 18.9. The van der Waals surface area contributed by atoms with Gasteiger partial charge >= 0.3 is 12.1 Å². The standard InChI is InChI=1S/C17H22F5NO2/c1-25-14-10-8-13(9-11-14)7-5-3-2-4-6-12-23-15(24)16(18,19)17(20,21)22/h8-11H,2-7,12H2,1H3,(H,23,24). The van der Waals surface area contributed by atoms with Gasteiger partial charge in [-0.1, -0.05) is 31.4 Å². The first-order valence-electron chi connectivity index (χ1n) is 8.04. The molecular formula is C17H22F5NO2. The van der Waals surface area contributed by atoms with Gasteiger partial charge in [0.1, 0.15) is 5.75 Å². The number of amides is 1. The molecule has 0 unspecified atom stereocenters. The highest BCUT2D eigenvalue weighted by atomic mass is 19.4. The molecule has 142 valence electrons. The van der Waals surface area contributed by atoms with Crippen molar-refractivity contribution in [3.05, 3.63) is 29.8 Å². The Labute approximate surface area is 143 Å². The third kappa shape index (κ3) is 6.88. The number of unbranched alkanes of at least 4 members (excludes halogenated alkanes) is 4. The van der Waals surface area contributed by atoms with E-state index < -0.39 is 18.0 Å². The summed E-state index contributed by atoms with van der Waals surface area (Å²) in [5.41, 5.74) is 1.18. The van der Waals surface area contributed by atoms with E-state index in [0.717, 1.165) is 31.4 Å². The van der Waals surface area contributed by atoms with Crippen LogP contribution in [-0.4, -0.2) is 31.7 Å². The second-order valence-corrected chi connectivity index (χ2v) is 5.69. The molecule has 0 bridgehead atoms. The van der Waals surface area contributed by atoms with Crippen molar-refractivity contribution in [3.63, 3.8) is 0 Å². The molecule has 0 atom stereocenters. The van der Waals surface area contributed by atoms with Crippen LogP contribution in [0.3, 0.4) is 0 Å². The molecule has 1 aromatic rings. The second kappa shape index (κ2) is 9.58. The number of halogens is 5. The lowest BCUT2D eigenvalue weighted by Gasteiger charge is -2.18. The summed E-state index contributed by atoms with van der Waals surface area (Å²) in [6.45, 7) is -0.191. The SMILES string of the molecule is COc1ccc(CCCCCCCNC(=O)C(F)(F)C(F)(F)F)cc1. The van der Waals surface area contributed by atoms with Gasteiger partial charge in [-0.2, -0.15) is 22.0 Å². The Morgan fingerprint density at radius 1 is 0.960 bits per heavy atom. The van der Waals surface area contributed by atoms with E-state index in [9.17, 15) is 26.7 Å². The maximum Gasteiger partial charge on any atom is 0.463 e. The predicted molar refractivity (Wildman–Crippen MR) is 83.8 cm³/mol. The van der Waals surface area contributed by atoms with Crippen LogP contribution in [0, 0.1) is 0 Å². The van der Waals surface area contributed by atoms with E-state index in [-0.39, 0.29) is 6.54 Å². The molecular weight excluding hydrogens is 345 g/mol. The highest BCUT2D eigenvalue weighted by Crippen LogP contribution is 2.35. The molecule has 0 saturated carbocycles. The molecule has 0 aliphatic rings. The largest absolute Gasteiger partial charge is 0.497 e. The highest BCUT2D eigenvalue weighted by molar-refractivity contribution is 5.84. The molecule has 1 amide bonds. The van der Waals surface area contributed by atoms with Crippen LogP contribution in [0.15, 0.2) is 24.3 Å². The lowest BCUT2D eigenvalue weighted by molar-refractivity contribution is -0.269. The van der Waals surface area contributed by atoms with Gasteiger partial charge in [0.25, 0.3) is 5.91 Å². The molecule has 8 heteroatoms. The molecule has 0 aliphatic carbocycles. The first kappa shape index (κ1) is 21.2. The number of nitrogens with one attached hydrogen (secondary N) is 1. The number of methoxy groups -OCH3 is 1. The summed E-state index contributed by atoms with van der Waals surface area (Å²) in [7, 11) is 1.60. The normalized spacial score (nSPS) is 12.1. The minimum absolute atomic E-state index is 0.191. The molecule has 0 aromatic heterocycles. The third-order valence-corrected chi connectivity index (χ3v) is 3.73. The van der Waals surface area contributed by atoms with Crippen molar-refractivity contribution >= 4 is 5.91 Å². The molecule has 0 radical (unpaired) electrons. The van der Waals surface area contributed by atoms with Crippen LogP contribution in [0.5, 0.6) is 5.75 Å². The summed E-state index contributed by atoms with van der Waals surface area (Å²) in [6.07, 6.45) is -1.26. The van der Waals surface area contributed by atoms with Gasteiger partial charge in [-0.3, -0.25) is 4.79 Å². The quantitative estimate of drug-likeness (QED) is 0.488. The lowest BCUT2D eigenvalue weighted by atomic mass is 10.1. The van der Waals surface area contributed by atoms with Crippen LogP contribution >= 0.6 is 0 Å². The molecule has 25 heavy (non-hydrogen) atoms. The maximum atomic E-state index is 12.7. The van der Waals surface area contributed by atoms with E-state index >= 15 is 0 Å². The van der Waals surface area contributed by atoms with Crippen molar-refractivity contribution in [2.45, 2.75) is 50.6 Å². The fourth-order valence-corrected chi connectivity index (χ4v) is 2.22. The molecule has 0 heterocycles. The Balaban J connectivity index is 2.09. The van der Waals surface area contributed by atoms with Crippen molar-refractivity contribution in [1.82, 2.24) is 5.32 Å². The van der Waals surface area contributed by atoms with E-state index in [1.165, 1.54) is 5.56 Å². The fraction of sp³-hybridized carbons (Fsp3) is 0.588. The van der Waals surface area contributed by atoms with Crippen LogP contribution in [0.2, 0.25) is 0 Å². The number of benzene rings is 1. The zero-order valence-corrected chi connectivity index (χ0v) is 14.0. The number of carbonyl (C=O) groups excluding carboxylic acids is 1. The van der Waals surface area contributed by atoms with Gasteiger partial charge in [-0.05, 0) is 37.0 Å². The van der Waals surface area contributed by atoms with Gasteiger partial charge in [-0.15, -0.1) is 0 Å². The highest BCUT2D eigenvalue weighted by Gasteiger charge is 2.63. The number of hydrogen-bond donors (Lipinski definition) is 1. The Kier molecular flexibility index (Phi) is 8.12. The maximum absolute atomic E-state index is 12.7. The summed E-state index contributed by atoms with van der Waals surface area (Å²) in [5, 5.41) is 1.64. The summed E-state index contributed by atoms with van der Waals surface area (Å²) >= 11 is 0. The molecule has 1 aromatic carbocycles. The third-order valence-electron chi connectivity index (χ3n) is 3.73. The van der Waals surface area contributed by atoms with Crippen LogP contribution in [-0.2, 0) is 11.2 Å². The average molecular weight is 367 g/mol. The summed E-state index contributed by atoms with van der Waals surface area (Å²) in [4.78, 5) is 10.9. The number of alkyl halides is 5. The molecule has 0 saturated heterocycles. The number of ether oxygens (including phenoxy) is 1. The summed E-state index contributed by atoms with van der Waals surface area (Å²) in [5.74, 6) is -6.84. The van der Waals surface area contributed by atoms with E-state index in [4.69, 9.17) is 4.74 Å². The van der Waals surface area contributed by atoms with Gasteiger partial charge in [0.05, 0.1) is 7.11 Å². The Bertz CT molecular complexity index is 529. The Hall–Kier alpha value is -1.86. The van der Waals surface area contributed by atoms with Crippen LogP contribution in [0.1, 0.15) is 37.7 Å². The number of rotatable bonds is 10. The van der Waals surface area contributed by atoms with E-state index in [1.807, 2.05) is 24.3 Å². The fourth-order valence-electron chi connectivity index (χ4n) is 2.22. The van der Waals surface area contributed by atoms with Crippen molar-refractivity contribution in [2.75, 3.05) is 13.7 Å². The van der Waals surface area contributed by atoms with Crippen LogP contribution < -0.4 is 10.1 Å². The monoisotopic (exact) mass is 367 g/mol. The number of hydrogen-bond acceptors (Lipinski definition) is 2. The van der Waals surface area contributed by atoms with E-state index in [2.05, 4.69) is 0 Å². The van der Waals surface area contributed by atoms with Crippen LogP contribution in [0.4, 0.5) is 22.0 Å². The van der Waals surface area contributed by atoms with Gasteiger partial charge in [0.15, 0.2) is 0 Å². The first-order valence-corrected chi connectivity index (χ1v) is 8.04. The Morgan fingerprint density at radius 3 is 2.08 bits per heavy atom. The number of aryl methyl sites for hydroxylation is 1.